The van der Waals surface area contributed by atoms with Crippen LogP contribution >= 0.6 is 35.0 Å². The fraction of sp³-hybridized carbons (Fsp3) is 0.333. The van der Waals surface area contributed by atoms with Gasteiger partial charge in [0.2, 0.25) is 9.84 Å². The molecule has 0 aliphatic rings. The Labute approximate surface area is 198 Å². The fourth-order valence-corrected chi connectivity index (χ4v) is 4.76. The van der Waals surface area contributed by atoms with Gasteiger partial charge in [0, 0.05) is 12.3 Å². The normalized spacial score (nSPS) is 12.1. The van der Waals surface area contributed by atoms with Crippen molar-refractivity contribution in [1.82, 2.24) is 15.5 Å². The van der Waals surface area contributed by atoms with Gasteiger partial charge < -0.3 is 20.0 Å². The van der Waals surface area contributed by atoms with Crippen molar-refractivity contribution in [2.75, 3.05) is 32.9 Å². The average Bonchev–Trinajstić information content (AvgIpc) is 3.13. The lowest BCUT2D eigenvalue weighted by Crippen LogP contribution is -2.29. The SMILES string of the molecule is C#CCNC(=CS(=O)(=O)c1ccc(Cl)c(Cl)c1)NCCSCc1ccc(CN(C)C)o1. The summed E-state index contributed by atoms with van der Waals surface area (Å²) in [6.45, 7) is 1.48. The minimum Gasteiger partial charge on any atom is -0.464 e. The van der Waals surface area contributed by atoms with Crippen LogP contribution in [0.15, 0.2) is 50.9 Å². The van der Waals surface area contributed by atoms with E-state index in [0.29, 0.717) is 12.4 Å². The molecule has 0 amide bonds. The maximum Gasteiger partial charge on any atom is 0.203 e. The van der Waals surface area contributed by atoms with Crippen LogP contribution in [0.5, 0.6) is 0 Å². The second kappa shape index (κ2) is 12.3. The van der Waals surface area contributed by atoms with Gasteiger partial charge in [0.25, 0.3) is 0 Å². The zero-order valence-corrected chi connectivity index (χ0v) is 20.5. The maximum atomic E-state index is 12.7. The number of nitrogens with one attached hydrogen (secondary N) is 2. The highest BCUT2D eigenvalue weighted by atomic mass is 35.5. The van der Waals surface area contributed by atoms with Crippen LogP contribution in [0.4, 0.5) is 0 Å². The first-order chi connectivity index (χ1) is 14.7. The summed E-state index contributed by atoms with van der Waals surface area (Å²) in [5.74, 6) is 6.05. The molecule has 10 heteroatoms. The van der Waals surface area contributed by atoms with Crippen LogP contribution in [-0.4, -0.2) is 46.3 Å². The molecule has 0 saturated heterocycles. The molecular formula is C21H25Cl2N3O3S2. The largest absolute Gasteiger partial charge is 0.464 e. The van der Waals surface area contributed by atoms with E-state index in [2.05, 4.69) is 16.6 Å². The first-order valence-electron chi connectivity index (χ1n) is 9.34. The maximum absolute atomic E-state index is 12.7. The smallest absolute Gasteiger partial charge is 0.203 e. The summed E-state index contributed by atoms with van der Waals surface area (Å²) in [5.41, 5.74) is 0. The second-order valence-electron chi connectivity index (χ2n) is 6.80. The van der Waals surface area contributed by atoms with E-state index in [4.69, 9.17) is 34.0 Å². The molecular weight excluding hydrogens is 477 g/mol. The molecule has 0 atom stereocenters. The minimum atomic E-state index is -3.75. The molecule has 1 aromatic carbocycles. The Balaban J connectivity index is 1.92. The number of benzene rings is 1. The highest BCUT2D eigenvalue weighted by molar-refractivity contribution is 7.98. The fourth-order valence-electron chi connectivity index (χ4n) is 2.50. The van der Waals surface area contributed by atoms with Crippen molar-refractivity contribution in [3.05, 3.63) is 63.1 Å². The number of halogens is 2. The Morgan fingerprint density at radius 3 is 2.61 bits per heavy atom. The van der Waals surface area contributed by atoms with Crippen molar-refractivity contribution in [2.45, 2.75) is 17.2 Å². The Bertz CT molecular complexity index is 1040. The molecule has 31 heavy (non-hydrogen) atoms. The molecule has 0 spiro atoms. The molecule has 2 N–H and O–H groups in total. The van der Waals surface area contributed by atoms with Gasteiger partial charge in [-0.15, -0.1) is 6.42 Å². The highest BCUT2D eigenvalue weighted by Gasteiger charge is 2.15. The lowest BCUT2D eigenvalue weighted by molar-refractivity contribution is 0.344. The molecule has 0 fully saturated rings. The standard InChI is InChI=1S/C21H25Cl2N3O3S2/c1-4-9-24-21(15-31(27,28)18-7-8-19(22)20(23)12-18)25-10-11-30-14-17-6-5-16(29-17)13-26(2)3/h1,5-8,12,15,24-25H,9-11,13-14H2,2-3H3. The zero-order chi connectivity index (χ0) is 22.9. The molecule has 1 heterocycles. The Morgan fingerprint density at radius 1 is 1.19 bits per heavy atom. The highest BCUT2D eigenvalue weighted by Crippen LogP contribution is 2.26. The van der Waals surface area contributed by atoms with Gasteiger partial charge in [-0.25, -0.2) is 8.42 Å². The zero-order valence-electron chi connectivity index (χ0n) is 17.3. The number of sulfone groups is 1. The average molecular weight is 502 g/mol. The summed E-state index contributed by atoms with van der Waals surface area (Å²) in [7, 11) is 0.233. The van der Waals surface area contributed by atoms with Gasteiger partial charge in [-0.05, 0) is 44.4 Å². The first-order valence-corrected chi connectivity index (χ1v) is 12.8. The predicted molar refractivity (Wildman–Crippen MR) is 129 cm³/mol. The predicted octanol–water partition coefficient (Wildman–Crippen LogP) is 3.97. The van der Waals surface area contributed by atoms with Crippen LogP contribution in [0.25, 0.3) is 0 Å². The molecule has 0 aliphatic heterocycles. The van der Waals surface area contributed by atoms with E-state index in [1.807, 2.05) is 31.1 Å². The molecule has 2 rings (SSSR count). The van der Waals surface area contributed by atoms with E-state index in [1.54, 1.807) is 11.8 Å². The Hall–Kier alpha value is -1.76. The lowest BCUT2D eigenvalue weighted by atomic mass is 10.4. The van der Waals surface area contributed by atoms with Gasteiger partial charge in [0.15, 0.2) is 0 Å². The van der Waals surface area contributed by atoms with Crippen molar-refractivity contribution in [2.24, 2.45) is 0 Å². The van der Waals surface area contributed by atoms with Crippen molar-refractivity contribution < 1.29 is 12.8 Å². The number of rotatable bonds is 12. The summed E-state index contributed by atoms with van der Waals surface area (Å²) in [5, 5.41) is 7.54. The number of thioether (sulfide) groups is 1. The van der Waals surface area contributed by atoms with Crippen molar-refractivity contribution in [3.8, 4) is 12.3 Å². The summed E-state index contributed by atoms with van der Waals surface area (Å²) in [6.07, 6.45) is 5.29. The summed E-state index contributed by atoms with van der Waals surface area (Å²) in [4.78, 5) is 2.09. The molecule has 6 nitrogen and oxygen atoms in total. The van der Waals surface area contributed by atoms with E-state index < -0.39 is 9.84 Å². The minimum absolute atomic E-state index is 0.0458. The van der Waals surface area contributed by atoms with Crippen molar-refractivity contribution in [3.63, 3.8) is 0 Å². The Kier molecular flexibility index (Phi) is 10.1. The second-order valence-corrected chi connectivity index (χ2v) is 10.5. The first kappa shape index (κ1) is 25.5. The summed E-state index contributed by atoms with van der Waals surface area (Å²) in [6, 6.07) is 8.12. The van der Waals surface area contributed by atoms with Gasteiger partial charge in [0.1, 0.15) is 17.3 Å². The molecule has 1 aromatic heterocycles. The third-order valence-electron chi connectivity index (χ3n) is 3.87. The monoisotopic (exact) mass is 501 g/mol. The summed E-state index contributed by atoms with van der Waals surface area (Å²) < 4.78 is 31.2. The molecule has 0 unspecified atom stereocenters. The van der Waals surface area contributed by atoms with E-state index in [9.17, 15) is 8.42 Å². The van der Waals surface area contributed by atoms with Gasteiger partial charge in [-0.3, -0.25) is 0 Å². The van der Waals surface area contributed by atoms with Crippen LogP contribution in [0.2, 0.25) is 10.0 Å². The van der Waals surface area contributed by atoms with E-state index in [-0.39, 0.29) is 21.5 Å². The molecule has 0 bridgehead atoms. The topological polar surface area (TPSA) is 74.6 Å². The van der Waals surface area contributed by atoms with Gasteiger partial charge in [0.05, 0.1) is 39.2 Å². The number of furan rings is 1. The van der Waals surface area contributed by atoms with E-state index >= 15 is 0 Å². The molecule has 168 valence electrons. The number of hydrogen-bond acceptors (Lipinski definition) is 7. The summed E-state index contributed by atoms with van der Waals surface area (Å²) >= 11 is 13.5. The Morgan fingerprint density at radius 2 is 1.94 bits per heavy atom. The number of terminal acetylenes is 1. The quantitative estimate of drug-likeness (QED) is 0.336. The third kappa shape index (κ3) is 8.71. The van der Waals surface area contributed by atoms with Gasteiger partial charge in [-0.2, -0.15) is 11.8 Å². The third-order valence-corrected chi connectivity index (χ3v) is 7.05. The van der Waals surface area contributed by atoms with Crippen LogP contribution < -0.4 is 10.6 Å². The van der Waals surface area contributed by atoms with Crippen LogP contribution in [0, 0.1) is 12.3 Å². The van der Waals surface area contributed by atoms with Crippen LogP contribution in [-0.2, 0) is 22.1 Å². The lowest BCUT2D eigenvalue weighted by Gasteiger charge is -2.12. The van der Waals surface area contributed by atoms with E-state index in [1.165, 1.54) is 18.2 Å². The molecule has 0 radical (unpaired) electrons. The molecule has 2 aromatic rings. The van der Waals surface area contributed by atoms with Crippen molar-refractivity contribution in [1.29, 1.82) is 0 Å². The molecule has 0 aliphatic carbocycles. The number of hydrogen-bond donors (Lipinski definition) is 2. The van der Waals surface area contributed by atoms with Gasteiger partial charge in [-0.1, -0.05) is 29.1 Å². The molecule has 0 saturated carbocycles. The van der Waals surface area contributed by atoms with E-state index in [0.717, 1.165) is 35.0 Å². The van der Waals surface area contributed by atoms with Crippen LogP contribution in [0.1, 0.15) is 11.5 Å². The number of nitrogens with zero attached hydrogens (tertiary/aromatic N) is 1. The van der Waals surface area contributed by atoms with Gasteiger partial charge >= 0.3 is 0 Å². The van der Waals surface area contributed by atoms with Crippen molar-refractivity contribution >= 4 is 44.8 Å². The van der Waals surface area contributed by atoms with Crippen LogP contribution in [0.3, 0.4) is 0 Å².